The molecule has 142 valence electrons. The van der Waals surface area contributed by atoms with Crippen molar-refractivity contribution in [2.24, 2.45) is 0 Å². The molecule has 0 aliphatic carbocycles. The molecular formula is C20H22Hg2O6. The van der Waals surface area contributed by atoms with Crippen molar-refractivity contribution >= 4 is 11.9 Å². The molecule has 0 N–H and O–H groups in total. The van der Waals surface area contributed by atoms with Gasteiger partial charge in [0.25, 0.3) is 0 Å². The number of benzene rings is 2. The summed E-state index contributed by atoms with van der Waals surface area (Å²) in [7, 11) is 3.27. The molecule has 8 heteroatoms. The van der Waals surface area contributed by atoms with Crippen LogP contribution in [0, 0.1) is 0 Å². The van der Waals surface area contributed by atoms with E-state index in [9.17, 15) is 9.59 Å². The van der Waals surface area contributed by atoms with Gasteiger partial charge in [0.15, 0.2) is 0 Å². The Morgan fingerprint density at radius 2 is 1.07 bits per heavy atom. The van der Waals surface area contributed by atoms with Crippen LogP contribution in [-0.4, -0.2) is 38.4 Å². The molecule has 0 spiro atoms. The molecule has 2 aromatic rings. The minimum atomic E-state index is -1.91. The van der Waals surface area contributed by atoms with Crippen LogP contribution in [0.5, 0.6) is 0 Å². The Kier molecular flexibility index (Phi) is 11.2. The SMILES string of the molecule is CO[C@@H]([CH2][Hg][O]C(=O)c1ccccc1)[C@@H]([CH2][Hg][O]C(=O)c1ccccc1)OC. The third-order valence-corrected chi connectivity index (χ3v) is 14.2. The Morgan fingerprint density at radius 1 is 0.714 bits per heavy atom. The molecule has 0 saturated carbocycles. The van der Waals surface area contributed by atoms with Crippen molar-refractivity contribution in [3.63, 3.8) is 0 Å². The van der Waals surface area contributed by atoms with Gasteiger partial charge in [-0.05, 0) is 0 Å². The van der Waals surface area contributed by atoms with E-state index in [1.165, 1.54) is 0 Å². The van der Waals surface area contributed by atoms with Gasteiger partial charge >= 0.3 is 192 Å². The average molecular weight is 760 g/mol. The molecule has 0 bridgehead atoms. The topological polar surface area (TPSA) is 71.1 Å². The van der Waals surface area contributed by atoms with Gasteiger partial charge in [-0.2, -0.15) is 0 Å². The first-order chi connectivity index (χ1) is 13.7. The van der Waals surface area contributed by atoms with E-state index in [0.29, 0.717) is 11.1 Å². The number of rotatable bonds is 11. The van der Waals surface area contributed by atoms with Gasteiger partial charge in [-0.15, -0.1) is 0 Å². The summed E-state index contributed by atoms with van der Waals surface area (Å²) in [6.45, 7) is 0. The molecule has 0 heterocycles. The fourth-order valence-electron chi connectivity index (χ4n) is 2.76. The standard InChI is InChI=1S/2C7H6O2.C6H12O2.2Hg/c2*8-7(9)6-4-2-1-3-5-6;1-5(7-3)6(2)8-4;;/h2*1-5H,(H,8,9);5-6H,1-2H2,3-4H3;;/q;;;2*+1/p-2/t;;5-,6+;;. The third-order valence-electron chi connectivity index (χ3n) is 4.31. The number of carbonyl (C=O) groups excluding carboxylic acids is 2. The first kappa shape index (κ1) is 23.4. The Hall–Kier alpha value is -0.830. The average Bonchev–Trinajstić information content (AvgIpc) is 2.75. The van der Waals surface area contributed by atoms with E-state index in [0.717, 1.165) is 7.86 Å². The quantitative estimate of drug-likeness (QED) is 0.327. The summed E-state index contributed by atoms with van der Waals surface area (Å²) in [6.07, 6.45) is -0.267. The Bertz CT molecular complexity index is 662. The van der Waals surface area contributed by atoms with E-state index in [1.807, 2.05) is 36.4 Å². The fourth-order valence-corrected chi connectivity index (χ4v) is 12.9. The van der Waals surface area contributed by atoms with Crippen LogP contribution in [0.1, 0.15) is 20.7 Å². The van der Waals surface area contributed by atoms with Crippen LogP contribution in [0.15, 0.2) is 60.7 Å². The zero-order valence-electron chi connectivity index (χ0n) is 16.2. The minimum absolute atomic E-state index is 0.134. The van der Waals surface area contributed by atoms with Crippen molar-refractivity contribution in [3.05, 3.63) is 71.8 Å². The Morgan fingerprint density at radius 3 is 1.39 bits per heavy atom. The molecule has 28 heavy (non-hydrogen) atoms. The zero-order valence-corrected chi connectivity index (χ0v) is 27.2. The van der Waals surface area contributed by atoms with E-state index in [4.69, 9.17) is 14.8 Å². The third kappa shape index (κ3) is 7.89. The number of hydrogen-bond acceptors (Lipinski definition) is 6. The fraction of sp³-hybridized carbons (Fsp3) is 0.300. The molecule has 0 aliphatic rings. The normalized spacial score (nSPS) is 12.2. The van der Waals surface area contributed by atoms with Gasteiger partial charge in [0.1, 0.15) is 0 Å². The number of carbonyl (C=O) groups is 2. The molecule has 0 aliphatic heterocycles. The van der Waals surface area contributed by atoms with Crippen LogP contribution in [-0.2, 0) is 64.8 Å². The molecule has 2 aromatic carbocycles. The molecule has 0 saturated heterocycles. The van der Waals surface area contributed by atoms with E-state index in [2.05, 4.69) is 0 Å². The Balaban J connectivity index is 1.75. The number of methoxy groups -OCH3 is 2. The van der Waals surface area contributed by atoms with Gasteiger partial charge in [0.05, 0.1) is 0 Å². The van der Waals surface area contributed by atoms with Gasteiger partial charge in [-0.3, -0.25) is 0 Å². The monoisotopic (exact) mass is 762 g/mol. The van der Waals surface area contributed by atoms with Gasteiger partial charge in [-0.25, -0.2) is 0 Å². The van der Waals surface area contributed by atoms with Gasteiger partial charge in [0, 0.05) is 0 Å². The second kappa shape index (κ2) is 13.4. The molecule has 0 amide bonds. The van der Waals surface area contributed by atoms with Crippen LogP contribution in [0.25, 0.3) is 0 Å². The second-order valence-electron chi connectivity index (χ2n) is 6.13. The zero-order chi connectivity index (χ0) is 20.2. The molecule has 2 atom stereocenters. The predicted molar refractivity (Wildman–Crippen MR) is 94.9 cm³/mol. The number of ether oxygens (including phenoxy) is 2. The maximum absolute atomic E-state index is 12.1. The van der Waals surface area contributed by atoms with E-state index in [-0.39, 0.29) is 24.1 Å². The summed E-state index contributed by atoms with van der Waals surface area (Å²) < 4.78 is 23.7. The molecule has 6 nitrogen and oxygen atoms in total. The van der Waals surface area contributed by atoms with Gasteiger partial charge in [-0.1, -0.05) is 0 Å². The predicted octanol–water partition coefficient (Wildman–Crippen LogP) is 3.56. The van der Waals surface area contributed by atoms with Crippen LogP contribution in [0.3, 0.4) is 0 Å². The van der Waals surface area contributed by atoms with Crippen molar-refractivity contribution < 1.29 is 74.4 Å². The van der Waals surface area contributed by atoms with Crippen LogP contribution >= 0.6 is 0 Å². The summed E-state index contributed by atoms with van der Waals surface area (Å²) in [5, 5.41) is 0. The van der Waals surface area contributed by atoms with E-state index < -0.39 is 50.1 Å². The molecule has 0 aromatic heterocycles. The molecule has 0 unspecified atom stereocenters. The van der Waals surface area contributed by atoms with Crippen LogP contribution in [0.2, 0.25) is 7.86 Å². The second-order valence-corrected chi connectivity index (χ2v) is 16.0. The first-order valence-electron chi connectivity index (χ1n) is 9.15. The molecular weight excluding hydrogens is 737 g/mol. The molecule has 0 fully saturated rings. The first-order valence-corrected chi connectivity index (χ1v) is 21.4. The van der Waals surface area contributed by atoms with Crippen LogP contribution < -0.4 is 0 Å². The summed E-state index contributed by atoms with van der Waals surface area (Å²) in [4.78, 5) is 24.1. The van der Waals surface area contributed by atoms with Gasteiger partial charge < -0.3 is 0 Å². The van der Waals surface area contributed by atoms with Gasteiger partial charge in [0.2, 0.25) is 0 Å². The van der Waals surface area contributed by atoms with Crippen LogP contribution in [0.4, 0.5) is 0 Å². The summed E-state index contributed by atoms with van der Waals surface area (Å²) in [6, 6.07) is 18.0. The summed E-state index contributed by atoms with van der Waals surface area (Å²) in [5.41, 5.74) is 1.15. The summed E-state index contributed by atoms with van der Waals surface area (Å²) in [5.74, 6) is -0.522. The summed E-state index contributed by atoms with van der Waals surface area (Å²) >= 11 is -3.82. The number of hydrogen-bond donors (Lipinski definition) is 0. The Labute approximate surface area is 191 Å². The van der Waals surface area contributed by atoms with E-state index >= 15 is 0 Å². The van der Waals surface area contributed by atoms with Crippen molar-refractivity contribution in [1.82, 2.24) is 0 Å². The molecule has 0 radical (unpaired) electrons. The van der Waals surface area contributed by atoms with Crippen molar-refractivity contribution in [2.45, 2.75) is 20.1 Å². The molecule has 2 rings (SSSR count). The van der Waals surface area contributed by atoms with Crippen molar-refractivity contribution in [3.8, 4) is 0 Å². The van der Waals surface area contributed by atoms with Crippen molar-refractivity contribution in [2.75, 3.05) is 14.2 Å². The van der Waals surface area contributed by atoms with Crippen molar-refractivity contribution in [1.29, 1.82) is 0 Å². The van der Waals surface area contributed by atoms with E-state index in [1.54, 1.807) is 38.5 Å². The maximum atomic E-state index is 12.1.